The number of para-hydroxylation sites is 2. The highest BCUT2D eigenvalue weighted by atomic mass is 32.2. The zero-order valence-electron chi connectivity index (χ0n) is 14.9. The van der Waals surface area contributed by atoms with Crippen LogP contribution in [0.2, 0.25) is 0 Å². The van der Waals surface area contributed by atoms with Crippen LogP contribution in [0.4, 0.5) is 0 Å². The minimum absolute atomic E-state index is 0.176. The molecule has 1 aliphatic heterocycles. The molecule has 28 heavy (non-hydrogen) atoms. The number of aromatic nitrogens is 3. The first-order chi connectivity index (χ1) is 13.7. The summed E-state index contributed by atoms with van der Waals surface area (Å²) in [6.45, 7) is 0.309. The van der Waals surface area contributed by atoms with Crippen LogP contribution in [0.5, 0.6) is 11.5 Å². The van der Waals surface area contributed by atoms with Crippen molar-refractivity contribution < 1.29 is 9.47 Å². The molecule has 3 heterocycles. The molecular formula is C20H15N3O3S2. The van der Waals surface area contributed by atoms with Gasteiger partial charge >= 0.3 is 0 Å². The van der Waals surface area contributed by atoms with E-state index in [4.69, 9.17) is 9.47 Å². The minimum atomic E-state index is -0.437. The second kappa shape index (κ2) is 6.96. The minimum Gasteiger partial charge on any atom is -0.485 e. The molecule has 0 saturated carbocycles. The molecule has 1 aliphatic rings. The summed E-state index contributed by atoms with van der Waals surface area (Å²) in [5.41, 5.74) is 0.796. The van der Waals surface area contributed by atoms with Crippen molar-refractivity contribution in [3.63, 3.8) is 0 Å². The first-order valence-electron chi connectivity index (χ1n) is 8.65. The summed E-state index contributed by atoms with van der Waals surface area (Å²) < 4.78 is 13.6. The van der Waals surface area contributed by atoms with Crippen molar-refractivity contribution in [3.8, 4) is 11.5 Å². The molecule has 4 aromatic rings. The molecule has 6 nitrogen and oxygen atoms in total. The lowest BCUT2D eigenvalue weighted by Gasteiger charge is -2.24. The van der Waals surface area contributed by atoms with E-state index in [2.05, 4.69) is 10.1 Å². The fourth-order valence-corrected chi connectivity index (χ4v) is 4.31. The molecule has 0 bridgehead atoms. The molecule has 0 radical (unpaired) electrons. The molecule has 1 atom stereocenters. The van der Waals surface area contributed by atoms with E-state index in [1.54, 1.807) is 11.8 Å². The van der Waals surface area contributed by atoms with Crippen LogP contribution < -0.4 is 19.6 Å². The average Bonchev–Trinajstić information content (AvgIpc) is 3.28. The lowest BCUT2D eigenvalue weighted by atomic mass is 10.2. The van der Waals surface area contributed by atoms with Gasteiger partial charge in [0, 0.05) is 4.90 Å². The first kappa shape index (κ1) is 17.3. The van der Waals surface area contributed by atoms with E-state index in [-0.39, 0.29) is 5.56 Å². The summed E-state index contributed by atoms with van der Waals surface area (Å²) in [5, 5.41) is 4.37. The van der Waals surface area contributed by atoms with E-state index in [1.165, 1.54) is 20.7 Å². The smallest absolute Gasteiger partial charge is 0.291 e. The van der Waals surface area contributed by atoms with Crippen molar-refractivity contribution in [2.75, 3.05) is 12.9 Å². The molecule has 0 saturated heterocycles. The largest absolute Gasteiger partial charge is 0.485 e. The van der Waals surface area contributed by atoms with Gasteiger partial charge in [-0.1, -0.05) is 35.6 Å². The monoisotopic (exact) mass is 409 g/mol. The summed E-state index contributed by atoms with van der Waals surface area (Å²) in [4.78, 5) is 18.9. The number of fused-ring (bicyclic) bond motifs is 2. The van der Waals surface area contributed by atoms with Gasteiger partial charge in [0.25, 0.3) is 5.56 Å². The molecule has 2 aromatic heterocycles. The van der Waals surface area contributed by atoms with Crippen LogP contribution in [0.1, 0.15) is 17.5 Å². The predicted molar refractivity (Wildman–Crippen MR) is 109 cm³/mol. The van der Waals surface area contributed by atoms with E-state index in [1.807, 2.05) is 60.9 Å². The second-order valence-corrected chi connectivity index (χ2v) is 8.11. The number of thioether (sulfide) groups is 1. The molecule has 5 rings (SSSR count). The van der Waals surface area contributed by atoms with Crippen LogP contribution in [0.25, 0.3) is 11.0 Å². The summed E-state index contributed by atoms with van der Waals surface area (Å²) in [5.74, 6) is 1.81. The van der Waals surface area contributed by atoms with Crippen LogP contribution in [-0.2, 0) is 0 Å². The Morgan fingerprint density at radius 1 is 1.18 bits per heavy atom. The molecule has 0 amide bonds. The van der Waals surface area contributed by atoms with Crippen LogP contribution in [-0.4, -0.2) is 27.5 Å². The van der Waals surface area contributed by atoms with Crippen molar-refractivity contribution in [1.82, 2.24) is 14.6 Å². The SMILES string of the molecule is CSc1ccc(C=c2sc3nc(C4COc5ccccc5O4)nn3c2=O)cc1. The normalized spacial score (nSPS) is 16.6. The Hall–Kier alpha value is -2.84. The van der Waals surface area contributed by atoms with E-state index < -0.39 is 6.10 Å². The fraction of sp³-hybridized carbons (Fsp3) is 0.150. The zero-order chi connectivity index (χ0) is 19.1. The van der Waals surface area contributed by atoms with Crippen LogP contribution >= 0.6 is 23.1 Å². The van der Waals surface area contributed by atoms with Gasteiger partial charge in [-0.25, -0.2) is 0 Å². The lowest BCUT2D eigenvalue weighted by Crippen LogP contribution is -2.26. The summed E-state index contributed by atoms with van der Waals surface area (Å²) in [7, 11) is 0. The van der Waals surface area contributed by atoms with Gasteiger partial charge in [-0.2, -0.15) is 9.50 Å². The van der Waals surface area contributed by atoms with Gasteiger partial charge in [-0.15, -0.1) is 16.9 Å². The number of nitrogens with zero attached hydrogens (tertiary/aromatic N) is 3. The molecule has 2 aromatic carbocycles. The topological polar surface area (TPSA) is 65.7 Å². The van der Waals surface area contributed by atoms with Crippen LogP contribution in [0, 0.1) is 0 Å². The van der Waals surface area contributed by atoms with Crippen molar-refractivity contribution in [1.29, 1.82) is 0 Å². The van der Waals surface area contributed by atoms with Crippen LogP contribution in [0.3, 0.4) is 0 Å². The highest BCUT2D eigenvalue weighted by Crippen LogP contribution is 2.35. The fourth-order valence-electron chi connectivity index (χ4n) is 2.98. The van der Waals surface area contributed by atoms with Gasteiger partial charge in [0.1, 0.15) is 6.61 Å². The highest BCUT2D eigenvalue weighted by Gasteiger charge is 2.26. The van der Waals surface area contributed by atoms with E-state index >= 15 is 0 Å². The maximum atomic E-state index is 12.7. The number of hydrogen-bond acceptors (Lipinski definition) is 7. The molecule has 0 N–H and O–H groups in total. The Morgan fingerprint density at radius 2 is 1.96 bits per heavy atom. The van der Waals surface area contributed by atoms with Crippen LogP contribution in [0.15, 0.2) is 58.2 Å². The zero-order valence-corrected chi connectivity index (χ0v) is 16.5. The Labute approximate surface area is 168 Å². The Morgan fingerprint density at radius 3 is 2.71 bits per heavy atom. The number of ether oxygens (including phenoxy) is 2. The summed E-state index contributed by atoms with van der Waals surface area (Å²) in [6, 6.07) is 15.5. The van der Waals surface area contributed by atoms with Gasteiger partial charge in [-0.3, -0.25) is 4.79 Å². The van der Waals surface area contributed by atoms with Crippen molar-refractivity contribution in [2.45, 2.75) is 11.0 Å². The molecule has 140 valence electrons. The third-order valence-corrected chi connectivity index (χ3v) is 6.11. The lowest BCUT2D eigenvalue weighted by molar-refractivity contribution is 0.0852. The molecule has 8 heteroatoms. The molecular weight excluding hydrogens is 394 g/mol. The number of benzene rings is 2. The van der Waals surface area contributed by atoms with E-state index in [0.717, 1.165) is 5.56 Å². The third-order valence-electron chi connectivity index (χ3n) is 4.41. The number of hydrogen-bond donors (Lipinski definition) is 0. The molecule has 0 aliphatic carbocycles. The summed E-state index contributed by atoms with van der Waals surface area (Å²) in [6.07, 6.45) is 3.46. The van der Waals surface area contributed by atoms with Crippen molar-refractivity contribution in [3.05, 3.63) is 74.8 Å². The standard InChI is InChI=1S/C20H15N3O3S2/c1-27-13-8-6-12(7-9-13)10-17-19(24)23-20(28-17)21-18(22-23)16-11-25-14-4-2-3-5-15(14)26-16/h2-10,16H,11H2,1H3. The first-order valence-corrected chi connectivity index (χ1v) is 10.7. The Balaban J connectivity index is 1.47. The Bertz CT molecular complexity index is 1260. The number of rotatable bonds is 3. The third kappa shape index (κ3) is 3.04. The summed E-state index contributed by atoms with van der Waals surface area (Å²) >= 11 is 3.00. The number of thiazole rings is 1. The van der Waals surface area contributed by atoms with E-state index in [0.29, 0.717) is 33.4 Å². The maximum absolute atomic E-state index is 12.7. The Kier molecular flexibility index (Phi) is 4.29. The quantitative estimate of drug-likeness (QED) is 0.485. The highest BCUT2D eigenvalue weighted by molar-refractivity contribution is 7.98. The van der Waals surface area contributed by atoms with Crippen molar-refractivity contribution >= 4 is 34.1 Å². The van der Waals surface area contributed by atoms with Gasteiger partial charge in [0.05, 0.1) is 4.53 Å². The van der Waals surface area contributed by atoms with Gasteiger partial charge < -0.3 is 9.47 Å². The van der Waals surface area contributed by atoms with Gasteiger partial charge in [-0.05, 0) is 42.2 Å². The molecule has 1 unspecified atom stereocenters. The van der Waals surface area contributed by atoms with Crippen molar-refractivity contribution in [2.24, 2.45) is 0 Å². The van der Waals surface area contributed by atoms with E-state index in [9.17, 15) is 4.79 Å². The predicted octanol–water partition coefficient (Wildman–Crippen LogP) is 2.93. The van der Waals surface area contributed by atoms with Gasteiger partial charge in [0.15, 0.2) is 23.4 Å². The molecule has 0 spiro atoms. The maximum Gasteiger partial charge on any atom is 0.291 e. The second-order valence-electron chi connectivity index (χ2n) is 6.22. The molecule has 0 fully saturated rings. The average molecular weight is 409 g/mol. The van der Waals surface area contributed by atoms with Gasteiger partial charge in [0.2, 0.25) is 4.96 Å².